The maximum Gasteiger partial charge on any atom is 0.328 e. The van der Waals surface area contributed by atoms with Crippen molar-refractivity contribution in [2.24, 2.45) is 0 Å². The lowest BCUT2D eigenvalue weighted by Crippen LogP contribution is -2.08. The van der Waals surface area contributed by atoms with Crippen LogP contribution in [0.3, 0.4) is 0 Å². The third kappa shape index (κ3) is 2.79. The summed E-state index contributed by atoms with van der Waals surface area (Å²) in [6.45, 7) is 0. The molecule has 4 nitrogen and oxygen atoms in total. The quantitative estimate of drug-likeness (QED) is 0.601. The van der Waals surface area contributed by atoms with Crippen molar-refractivity contribution in [1.82, 2.24) is 0 Å². The summed E-state index contributed by atoms with van der Waals surface area (Å²) in [4.78, 5) is 11.3. The number of alkyl halides is 1. The molecule has 5 heteroatoms. The van der Waals surface area contributed by atoms with Gasteiger partial charge in [-0.15, -0.1) is 11.6 Å². The fourth-order valence-corrected chi connectivity index (χ4v) is 1.43. The van der Waals surface area contributed by atoms with Crippen molar-refractivity contribution in [3.63, 3.8) is 0 Å². The first-order valence-electron chi connectivity index (χ1n) is 4.57. The molecule has 0 spiro atoms. The van der Waals surface area contributed by atoms with Gasteiger partial charge in [0.2, 0.25) is 0 Å². The van der Waals surface area contributed by atoms with E-state index in [4.69, 9.17) is 21.1 Å². The lowest BCUT2D eigenvalue weighted by Gasteiger charge is -2.11. The van der Waals surface area contributed by atoms with Gasteiger partial charge in [0.25, 0.3) is 0 Å². The molecule has 16 heavy (non-hydrogen) atoms. The number of methoxy groups -OCH3 is 3. The lowest BCUT2D eigenvalue weighted by atomic mass is 10.1. The van der Waals surface area contributed by atoms with Crippen LogP contribution in [0.2, 0.25) is 0 Å². The van der Waals surface area contributed by atoms with Crippen LogP contribution in [-0.2, 0) is 9.53 Å². The molecule has 0 aliphatic heterocycles. The van der Waals surface area contributed by atoms with Gasteiger partial charge in [0.15, 0.2) is 5.38 Å². The van der Waals surface area contributed by atoms with Gasteiger partial charge in [-0.25, -0.2) is 0 Å². The Morgan fingerprint density at radius 1 is 1.12 bits per heavy atom. The molecule has 0 fully saturated rings. The van der Waals surface area contributed by atoms with Gasteiger partial charge < -0.3 is 14.2 Å². The third-order valence-corrected chi connectivity index (χ3v) is 2.50. The summed E-state index contributed by atoms with van der Waals surface area (Å²) >= 11 is 5.93. The van der Waals surface area contributed by atoms with Crippen LogP contribution in [0.25, 0.3) is 0 Å². The molecule has 1 atom stereocenters. The second kappa shape index (κ2) is 5.61. The van der Waals surface area contributed by atoms with Gasteiger partial charge in [-0.1, -0.05) is 0 Å². The SMILES string of the molecule is COC(=O)C(Cl)c1cc(OC)cc(OC)c1. The first kappa shape index (κ1) is 12.6. The molecule has 0 aromatic heterocycles. The van der Waals surface area contributed by atoms with E-state index >= 15 is 0 Å². The molecule has 0 radical (unpaired) electrons. The standard InChI is InChI=1S/C11H13ClO4/c1-14-8-4-7(5-9(6-8)15-2)10(12)11(13)16-3/h4-6,10H,1-3H3. The van der Waals surface area contributed by atoms with E-state index in [1.807, 2.05) is 0 Å². The minimum atomic E-state index is -0.867. The van der Waals surface area contributed by atoms with Crippen molar-refractivity contribution in [2.75, 3.05) is 21.3 Å². The molecule has 0 aliphatic carbocycles. The zero-order chi connectivity index (χ0) is 12.1. The Bertz CT molecular complexity index is 356. The maximum atomic E-state index is 11.3. The van der Waals surface area contributed by atoms with Crippen molar-refractivity contribution >= 4 is 17.6 Å². The zero-order valence-corrected chi connectivity index (χ0v) is 10.1. The third-order valence-electron chi connectivity index (χ3n) is 2.07. The molecule has 88 valence electrons. The first-order chi connectivity index (χ1) is 7.62. The summed E-state index contributed by atoms with van der Waals surface area (Å²) < 4.78 is 14.7. The summed E-state index contributed by atoms with van der Waals surface area (Å²) in [6, 6.07) is 5.03. The molecule has 1 aromatic carbocycles. The molecule has 0 saturated carbocycles. The van der Waals surface area contributed by atoms with Crippen molar-refractivity contribution in [1.29, 1.82) is 0 Å². The smallest absolute Gasteiger partial charge is 0.328 e. The van der Waals surface area contributed by atoms with Gasteiger partial charge in [0.05, 0.1) is 21.3 Å². The Morgan fingerprint density at radius 2 is 1.62 bits per heavy atom. The zero-order valence-electron chi connectivity index (χ0n) is 9.32. The Balaban J connectivity index is 3.07. The van der Waals surface area contributed by atoms with Crippen LogP contribution in [-0.4, -0.2) is 27.3 Å². The van der Waals surface area contributed by atoms with Crippen molar-refractivity contribution in [3.8, 4) is 11.5 Å². The second-order valence-corrected chi connectivity index (χ2v) is 3.47. The van der Waals surface area contributed by atoms with Crippen LogP contribution in [0.1, 0.15) is 10.9 Å². The predicted molar refractivity (Wildman–Crippen MR) is 60.2 cm³/mol. The highest BCUT2D eigenvalue weighted by molar-refractivity contribution is 6.30. The molecule has 0 saturated heterocycles. The van der Waals surface area contributed by atoms with Gasteiger partial charge in [-0.3, -0.25) is 4.79 Å². The van der Waals surface area contributed by atoms with Gasteiger partial charge in [0, 0.05) is 6.07 Å². The van der Waals surface area contributed by atoms with Crippen LogP contribution in [0.4, 0.5) is 0 Å². The number of hydrogen-bond acceptors (Lipinski definition) is 4. The van der Waals surface area contributed by atoms with Gasteiger partial charge in [0.1, 0.15) is 11.5 Å². The van der Waals surface area contributed by atoms with Crippen molar-refractivity contribution in [2.45, 2.75) is 5.38 Å². The maximum absolute atomic E-state index is 11.3. The Morgan fingerprint density at radius 3 is 2.00 bits per heavy atom. The number of hydrogen-bond donors (Lipinski definition) is 0. The minimum Gasteiger partial charge on any atom is -0.497 e. The van der Waals surface area contributed by atoms with E-state index in [9.17, 15) is 4.79 Å². The lowest BCUT2D eigenvalue weighted by molar-refractivity contribution is -0.140. The number of carbonyl (C=O) groups excluding carboxylic acids is 1. The Hall–Kier alpha value is -1.42. The van der Waals surface area contributed by atoms with E-state index in [1.54, 1.807) is 18.2 Å². The molecule has 1 aromatic rings. The highest BCUT2D eigenvalue weighted by Gasteiger charge is 2.19. The van der Waals surface area contributed by atoms with Gasteiger partial charge in [-0.2, -0.15) is 0 Å². The van der Waals surface area contributed by atoms with Crippen LogP contribution >= 0.6 is 11.6 Å². The van der Waals surface area contributed by atoms with Crippen LogP contribution in [0, 0.1) is 0 Å². The van der Waals surface area contributed by atoms with Crippen LogP contribution < -0.4 is 9.47 Å². The van der Waals surface area contributed by atoms with E-state index in [1.165, 1.54) is 21.3 Å². The number of carbonyl (C=O) groups is 1. The summed E-state index contributed by atoms with van der Waals surface area (Å²) in [7, 11) is 4.34. The normalized spacial score (nSPS) is 11.8. The average molecular weight is 245 g/mol. The first-order valence-corrected chi connectivity index (χ1v) is 5.01. The summed E-state index contributed by atoms with van der Waals surface area (Å²) in [5.41, 5.74) is 0.574. The molecule has 1 rings (SSSR count). The number of esters is 1. The van der Waals surface area contributed by atoms with Crippen molar-refractivity contribution in [3.05, 3.63) is 23.8 Å². The van der Waals surface area contributed by atoms with E-state index in [-0.39, 0.29) is 0 Å². The highest BCUT2D eigenvalue weighted by atomic mass is 35.5. The summed E-state index contributed by atoms with van der Waals surface area (Å²) in [5.74, 6) is 0.629. The summed E-state index contributed by atoms with van der Waals surface area (Å²) in [6.07, 6.45) is 0. The van der Waals surface area contributed by atoms with E-state index in [0.29, 0.717) is 17.1 Å². The molecule has 0 N–H and O–H groups in total. The molecule has 0 aliphatic rings. The predicted octanol–water partition coefficient (Wildman–Crippen LogP) is 2.16. The number of halogens is 1. The van der Waals surface area contributed by atoms with Crippen LogP contribution in [0.5, 0.6) is 11.5 Å². The van der Waals surface area contributed by atoms with Gasteiger partial charge >= 0.3 is 5.97 Å². The topological polar surface area (TPSA) is 44.8 Å². The average Bonchev–Trinajstić information content (AvgIpc) is 2.35. The Labute approximate surface area is 99.1 Å². The van der Waals surface area contributed by atoms with Crippen molar-refractivity contribution < 1.29 is 19.0 Å². The van der Waals surface area contributed by atoms with E-state index in [2.05, 4.69) is 4.74 Å². The molecular formula is C11H13ClO4. The molecular weight excluding hydrogens is 232 g/mol. The monoisotopic (exact) mass is 244 g/mol. The number of benzene rings is 1. The largest absolute Gasteiger partial charge is 0.497 e. The number of rotatable bonds is 4. The Kier molecular flexibility index (Phi) is 4.43. The molecule has 0 heterocycles. The molecule has 1 unspecified atom stereocenters. The fourth-order valence-electron chi connectivity index (χ4n) is 1.22. The summed E-state index contributed by atoms with van der Waals surface area (Å²) in [5, 5.41) is -0.867. The minimum absolute atomic E-state index is 0.517. The fraction of sp³-hybridized carbons (Fsp3) is 0.364. The van der Waals surface area contributed by atoms with E-state index < -0.39 is 11.3 Å². The van der Waals surface area contributed by atoms with Gasteiger partial charge in [-0.05, 0) is 17.7 Å². The highest BCUT2D eigenvalue weighted by Crippen LogP contribution is 2.30. The number of ether oxygens (including phenoxy) is 3. The molecule has 0 bridgehead atoms. The second-order valence-electron chi connectivity index (χ2n) is 3.03. The molecule has 0 amide bonds. The van der Waals surface area contributed by atoms with Crippen LogP contribution in [0.15, 0.2) is 18.2 Å². The van der Waals surface area contributed by atoms with E-state index in [0.717, 1.165) is 0 Å².